The molecular weight excluding hydrogens is 206 g/mol. The van der Waals surface area contributed by atoms with Gasteiger partial charge in [-0.2, -0.15) is 0 Å². The van der Waals surface area contributed by atoms with E-state index in [-0.39, 0.29) is 0 Å². The van der Waals surface area contributed by atoms with Crippen LogP contribution in [0.15, 0.2) is 12.1 Å². The number of nitrogen functional groups attached to an aromatic ring is 1. The van der Waals surface area contributed by atoms with Gasteiger partial charge in [-0.3, -0.25) is 4.79 Å². The Balaban J connectivity index is 3.06. The largest absolute Gasteiger partial charge is 0.490 e. The van der Waals surface area contributed by atoms with E-state index >= 15 is 0 Å². The van der Waals surface area contributed by atoms with Gasteiger partial charge in [0.15, 0.2) is 11.5 Å². The van der Waals surface area contributed by atoms with E-state index in [1.807, 2.05) is 13.8 Å². The van der Waals surface area contributed by atoms with Gasteiger partial charge in [-0.1, -0.05) is 6.92 Å². The molecule has 0 unspecified atom stereocenters. The standard InChI is InChI=1S/C12H17NO3/c1-3-5-16-12-10(13)6-9(8-14)7-11(12)15-4-2/h6-8H,3-5,13H2,1-2H3. The van der Waals surface area contributed by atoms with Crippen molar-refractivity contribution in [3.63, 3.8) is 0 Å². The van der Waals surface area contributed by atoms with Gasteiger partial charge in [-0.15, -0.1) is 0 Å². The number of carbonyl (C=O) groups is 1. The molecule has 0 aliphatic rings. The molecule has 2 N–H and O–H groups in total. The molecule has 0 bridgehead atoms. The van der Waals surface area contributed by atoms with Gasteiger partial charge >= 0.3 is 0 Å². The molecule has 0 heterocycles. The molecule has 0 aliphatic heterocycles. The summed E-state index contributed by atoms with van der Waals surface area (Å²) in [5.41, 5.74) is 6.73. The number of anilines is 1. The maximum absolute atomic E-state index is 10.7. The molecule has 1 aromatic carbocycles. The quantitative estimate of drug-likeness (QED) is 0.593. The van der Waals surface area contributed by atoms with Gasteiger partial charge < -0.3 is 15.2 Å². The normalized spacial score (nSPS) is 9.88. The van der Waals surface area contributed by atoms with E-state index in [4.69, 9.17) is 15.2 Å². The maximum Gasteiger partial charge on any atom is 0.184 e. The van der Waals surface area contributed by atoms with Crippen LogP contribution in [0.1, 0.15) is 30.6 Å². The second-order valence-electron chi connectivity index (χ2n) is 3.34. The fourth-order valence-corrected chi connectivity index (χ4v) is 1.34. The summed E-state index contributed by atoms with van der Waals surface area (Å²) in [6, 6.07) is 3.22. The lowest BCUT2D eigenvalue weighted by Gasteiger charge is -2.14. The summed E-state index contributed by atoms with van der Waals surface area (Å²) in [6.45, 7) is 4.96. The van der Waals surface area contributed by atoms with Crippen molar-refractivity contribution >= 4 is 12.0 Å². The van der Waals surface area contributed by atoms with Crippen molar-refractivity contribution in [2.24, 2.45) is 0 Å². The lowest BCUT2D eigenvalue weighted by Crippen LogP contribution is -2.04. The average molecular weight is 223 g/mol. The van der Waals surface area contributed by atoms with Gasteiger partial charge in [0.25, 0.3) is 0 Å². The number of ether oxygens (including phenoxy) is 2. The van der Waals surface area contributed by atoms with Gasteiger partial charge in [0, 0.05) is 5.56 Å². The van der Waals surface area contributed by atoms with E-state index in [0.29, 0.717) is 36.0 Å². The predicted octanol–water partition coefficient (Wildman–Crippen LogP) is 2.27. The molecule has 88 valence electrons. The molecule has 4 nitrogen and oxygen atoms in total. The summed E-state index contributed by atoms with van der Waals surface area (Å²) in [5, 5.41) is 0. The minimum absolute atomic E-state index is 0.432. The zero-order valence-electron chi connectivity index (χ0n) is 9.66. The zero-order chi connectivity index (χ0) is 12.0. The van der Waals surface area contributed by atoms with E-state index < -0.39 is 0 Å². The van der Waals surface area contributed by atoms with E-state index in [0.717, 1.165) is 12.7 Å². The minimum Gasteiger partial charge on any atom is -0.490 e. The second-order valence-corrected chi connectivity index (χ2v) is 3.34. The molecule has 0 aliphatic carbocycles. The SMILES string of the molecule is CCCOc1c(N)cc(C=O)cc1OCC. The Hall–Kier alpha value is -1.71. The first kappa shape index (κ1) is 12.4. The van der Waals surface area contributed by atoms with Crippen LogP contribution in [-0.4, -0.2) is 19.5 Å². The third kappa shape index (κ3) is 2.89. The number of benzene rings is 1. The molecule has 0 spiro atoms. The predicted molar refractivity (Wildman–Crippen MR) is 63.2 cm³/mol. The molecule has 0 radical (unpaired) electrons. The molecule has 0 atom stereocenters. The van der Waals surface area contributed by atoms with Crippen molar-refractivity contribution in [3.05, 3.63) is 17.7 Å². The summed E-state index contributed by atoms with van der Waals surface area (Å²) in [7, 11) is 0. The van der Waals surface area contributed by atoms with Crippen LogP contribution in [0.4, 0.5) is 5.69 Å². The minimum atomic E-state index is 0.432. The summed E-state index contributed by atoms with van der Waals surface area (Å²) in [5.74, 6) is 1.05. The smallest absolute Gasteiger partial charge is 0.184 e. The Kier molecular flexibility index (Phi) is 4.64. The van der Waals surface area contributed by atoms with E-state index in [2.05, 4.69) is 0 Å². The third-order valence-corrected chi connectivity index (χ3v) is 1.99. The van der Waals surface area contributed by atoms with Crippen molar-refractivity contribution in [2.45, 2.75) is 20.3 Å². The summed E-state index contributed by atoms with van der Waals surface area (Å²) in [4.78, 5) is 10.7. The monoisotopic (exact) mass is 223 g/mol. The first-order chi connectivity index (χ1) is 7.72. The number of hydrogen-bond donors (Lipinski definition) is 1. The van der Waals surface area contributed by atoms with Gasteiger partial charge in [0.2, 0.25) is 0 Å². The van der Waals surface area contributed by atoms with Crippen molar-refractivity contribution in [3.8, 4) is 11.5 Å². The van der Waals surface area contributed by atoms with Crippen LogP contribution < -0.4 is 15.2 Å². The number of hydrogen-bond acceptors (Lipinski definition) is 4. The van der Waals surface area contributed by atoms with Crippen LogP contribution in [-0.2, 0) is 0 Å². The van der Waals surface area contributed by atoms with E-state index in [9.17, 15) is 4.79 Å². The Morgan fingerprint density at radius 2 is 2.06 bits per heavy atom. The Morgan fingerprint density at radius 3 is 2.62 bits per heavy atom. The van der Waals surface area contributed by atoms with Gasteiger partial charge in [-0.25, -0.2) is 0 Å². The van der Waals surface area contributed by atoms with Crippen LogP contribution in [0.2, 0.25) is 0 Å². The zero-order valence-corrected chi connectivity index (χ0v) is 9.66. The van der Waals surface area contributed by atoms with E-state index in [1.54, 1.807) is 12.1 Å². The summed E-state index contributed by atoms with van der Waals surface area (Å²) < 4.78 is 10.9. The number of aldehydes is 1. The molecule has 1 rings (SSSR count). The highest BCUT2D eigenvalue weighted by molar-refractivity contribution is 5.80. The number of nitrogens with two attached hydrogens (primary N) is 1. The molecule has 16 heavy (non-hydrogen) atoms. The molecule has 0 saturated carbocycles. The molecule has 1 aromatic rings. The highest BCUT2D eigenvalue weighted by Gasteiger charge is 2.11. The maximum atomic E-state index is 10.7. The summed E-state index contributed by atoms with van der Waals surface area (Å²) in [6.07, 6.45) is 1.63. The lowest BCUT2D eigenvalue weighted by molar-refractivity contribution is 0.112. The molecule has 0 saturated heterocycles. The molecule has 0 fully saturated rings. The third-order valence-electron chi connectivity index (χ3n) is 1.99. The van der Waals surface area contributed by atoms with Gasteiger partial charge in [0.05, 0.1) is 18.9 Å². The number of rotatable bonds is 6. The van der Waals surface area contributed by atoms with Crippen LogP contribution in [0.25, 0.3) is 0 Å². The van der Waals surface area contributed by atoms with E-state index in [1.165, 1.54) is 0 Å². The van der Waals surface area contributed by atoms with Crippen molar-refractivity contribution in [2.75, 3.05) is 18.9 Å². The Bertz CT molecular complexity index is 364. The highest BCUT2D eigenvalue weighted by atomic mass is 16.5. The lowest BCUT2D eigenvalue weighted by atomic mass is 10.2. The first-order valence-electron chi connectivity index (χ1n) is 5.37. The van der Waals surface area contributed by atoms with Crippen LogP contribution in [0.3, 0.4) is 0 Å². The average Bonchev–Trinajstić information content (AvgIpc) is 2.28. The highest BCUT2D eigenvalue weighted by Crippen LogP contribution is 2.34. The van der Waals surface area contributed by atoms with Crippen molar-refractivity contribution in [1.29, 1.82) is 0 Å². The van der Waals surface area contributed by atoms with Crippen LogP contribution in [0, 0.1) is 0 Å². The van der Waals surface area contributed by atoms with Crippen molar-refractivity contribution in [1.82, 2.24) is 0 Å². The second kappa shape index (κ2) is 6.00. The fraction of sp³-hybridized carbons (Fsp3) is 0.417. The Labute approximate surface area is 95.3 Å². The van der Waals surface area contributed by atoms with Crippen LogP contribution >= 0.6 is 0 Å². The van der Waals surface area contributed by atoms with Crippen molar-refractivity contribution < 1.29 is 14.3 Å². The van der Waals surface area contributed by atoms with Gasteiger partial charge in [0.1, 0.15) is 6.29 Å². The first-order valence-corrected chi connectivity index (χ1v) is 5.37. The fourth-order valence-electron chi connectivity index (χ4n) is 1.34. The molecule has 0 aromatic heterocycles. The van der Waals surface area contributed by atoms with Crippen LogP contribution in [0.5, 0.6) is 11.5 Å². The summed E-state index contributed by atoms with van der Waals surface area (Å²) >= 11 is 0. The molecule has 4 heteroatoms. The topological polar surface area (TPSA) is 61.5 Å². The molecule has 0 amide bonds. The molecular formula is C12H17NO3. The van der Waals surface area contributed by atoms with Gasteiger partial charge in [-0.05, 0) is 25.5 Å². The number of carbonyl (C=O) groups excluding carboxylic acids is 1. The Morgan fingerprint density at radius 1 is 1.31 bits per heavy atom.